The SMILES string of the molecule is CNCC1(C(=O)c2ccc(S(C)(=O)=O)cc2)CC1. The molecule has 0 spiro atoms. The number of rotatable bonds is 5. The molecule has 0 aliphatic heterocycles. The summed E-state index contributed by atoms with van der Waals surface area (Å²) in [6, 6.07) is 6.21. The third-order valence-corrected chi connectivity index (χ3v) is 4.52. The first kappa shape index (κ1) is 13.2. The van der Waals surface area contributed by atoms with E-state index in [-0.39, 0.29) is 16.1 Å². The van der Waals surface area contributed by atoms with E-state index in [1.54, 1.807) is 12.1 Å². The van der Waals surface area contributed by atoms with Gasteiger partial charge in [0.15, 0.2) is 15.6 Å². The number of carbonyl (C=O) groups excluding carboxylic acids is 1. The van der Waals surface area contributed by atoms with Gasteiger partial charge in [0, 0.05) is 23.8 Å². The van der Waals surface area contributed by atoms with E-state index in [2.05, 4.69) is 5.32 Å². The van der Waals surface area contributed by atoms with Crippen LogP contribution in [0.15, 0.2) is 29.2 Å². The van der Waals surface area contributed by atoms with Crippen molar-refractivity contribution >= 4 is 15.6 Å². The molecule has 1 fully saturated rings. The zero-order chi connectivity index (χ0) is 13.4. The standard InChI is InChI=1S/C13H17NO3S/c1-14-9-13(7-8-13)12(15)10-3-5-11(6-4-10)18(2,16)17/h3-6,14H,7-9H2,1-2H3. The summed E-state index contributed by atoms with van der Waals surface area (Å²) in [5, 5.41) is 3.04. The van der Waals surface area contributed by atoms with Gasteiger partial charge in [-0.15, -0.1) is 0 Å². The fourth-order valence-corrected chi connectivity index (χ4v) is 2.76. The minimum Gasteiger partial charge on any atom is -0.319 e. The van der Waals surface area contributed by atoms with Gasteiger partial charge in [-0.05, 0) is 32.0 Å². The number of carbonyl (C=O) groups is 1. The first-order valence-corrected chi connectivity index (χ1v) is 7.78. The summed E-state index contributed by atoms with van der Waals surface area (Å²) >= 11 is 0. The molecule has 1 aliphatic rings. The summed E-state index contributed by atoms with van der Waals surface area (Å²) in [6.45, 7) is 0.680. The van der Waals surface area contributed by atoms with Crippen LogP contribution in [-0.2, 0) is 9.84 Å². The summed E-state index contributed by atoms with van der Waals surface area (Å²) in [4.78, 5) is 12.5. The van der Waals surface area contributed by atoms with Crippen LogP contribution in [-0.4, -0.2) is 34.0 Å². The molecule has 2 rings (SSSR count). The molecule has 0 radical (unpaired) electrons. The molecule has 98 valence electrons. The number of sulfone groups is 1. The minimum absolute atomic E-state index is 0.108. The maximum absolute atomic E-state index is 12.3. The molecule has 1 aliphatic carbocycles. The van der Waals surface area contributed by atoms with Crippen LogP contribution in [0.1, 0.15) is 23.2 Å². The second kappa shape index (κ2) is 4.48. The Morgan fingerprint density at radius 3 is 2.22 bits per heavy atom. The molecule has 5 heteroatoms. The van der Waals surface area contributed by atoms with Gasteiger partial charge in [-0.1, -0.05) is 12.1 Å². The van der Waals surface area contributed by atoms with Crippen molar-refractivity contribution in [3.63, 3.8) is 0 Å². The van der Waals surface area contributed by atoms with Gasteiger partial charge in [-0.3, -0.25) is 4.79 Å². The van der Waals surface area contributed by atoms with Gasteiger partial charge < -0.3 is 5.32 Å². The molecule has 0 unspecified atom stereocenters. The van der Waals surface area contributed by atoms with Crippen LogP contribution in [0.5, 0.6) is 0 Å². The van der Waals surface area contributed by atoms with Crippen LogP contribution in [0.25, 0.3) is 0 Å². The van der Waals surface area contributed by atoms with Crippen molar-refractivity contribution in [1.29, 1.82) is 0 Å². The Morgan fingerprint density at radius 1 is 1.28 bits per heavy atom. The quantitative estimate of drug-likeness (QED) is 0.816. The molecule has 1 aromatic rings. The van der Waals surface area contributed by atoms with Gasteiger partial charge in [0.05, 0.1) is 4.90 Å². The second-order valence-electron chi connectivity index (χ2n) is 4.94. The number of hydrogen-bond donors (Lipinski definition) is 1. The lowest BCUT2D eigenvalue weighted by Gasteiger charge is -2.13. The molecular weight excluding hydrogens is 250 g/mol. The average molecular weight is 267 g/mol. The third kappa shape index (κ3) is 2.47. The maximum atomic E-state index is 12.3. The highest BCUT2D eigenvalue weighted by atomic mass is 32.2. The molecule has 0 heterocycles. The van der Waals surface area contributed by atoms with Crippen molar-refractivity contribution in [1.82, 2.24) is 5.32 Å². The van der Waals surface area contributed by atoms with Crippen molar-refractivity contribution in [2.75, 3.05) is 19.8 Å². The molecule has 1 aromatic carbocycles. The van der Waals surface area contributed by atoms with Crippen LogP contribution >= 0.6 is 0 Å². The van der Waals surface area contributed by atoms with Gasteiger partial charge in [0.2, 0.25) is 0 Å². The number of Topliss-reactive ketones (excluding diaryl/α,β-unsaturated/α-hetero) is 1. The van der Waals surface area contributed by atoms with Crippen LogP contribution < -0.4 is 5.32 Å². The Balaban J connectivity index is 2.23. The minimum atomic E-state index is -3.20. The van der Waals surface area contributed by atoms with Gasteiger partial charge >= 0.3 is 0 Å². The molecule has 0 bridgehead atoms. The molecule has 1 N–H and O–H groups in total. The van der Waals surface area contributed by atoms with Crippen LogP contribution in [0, 0.1) is 5.41 Å². The van der Waals surface area contributed by atoms with Crippen molar-refractivity contribution in [2.24, 2.45) is 5.41 Å². The molecule has 0 amide bonds. The normalized spacial score (nSPS) is 17.4. The first-order valence-electron chi connectivity index (χ1n) is 5.89. The molecule has 4 nitrogen and oxygen atoms in total. The lowest BCUT2D eigenvalue weighted by molar-refractivity contribution is 0.0900. The fraction of sp³-hybridized carbons (Fsp3) is 0.462. The number of benzene rings is 1. The Morgan fingerprint density at radius 2 is 1.83 bits per heavy atom. The molecule has 1 saturated carbocycles. The zero-order valence-corrected chi connectivity index (χ0v) is 11.4. The Kier molecular flexibility index (Phi) is 3.29. The Hall–Kier alpha value is -1.20. The summed E-state index contributed by atoms with van der Waals surface area (Å²) in [5.41, 5.74) is 0.330. The van der Waals surface area contributed by atoms with E-state index in [0.717, 1.165) is 19.1 Å². The van der Waals surface area contributed by atoms with E-state index in [4.69, 9.17) is 0 Å². The zero-order valence-electron chi connectivity index (χ0n) is 10.6. The summed E-state index contributed by atoms with van der Waals surface area (Å²) < 4.78 is 22.7. The number of hydrogen-bond acceptors (Lipinski definition) is 4. The number of ketones is 1. The van der Waals surface area contributed by atoms with Gasteiger partial charge in [-0.2, -0.15) is 0 Å². The predicted molar refractivity (Wildman–Crippen MR) is 69.5 cm³/mol. The average Bonchev–Trinajstić information content (AvgIpc) is 3.09. The van der Waals surface area contributed by atoms with Crippen molar-refractivity contribution < 1.29 is 13.2 Å². The second-order valence-corrected chi connectivity index (χ2v) is 6.95. The predicted octanol–water partition coefficient (Wildman–Crippen LogP) is 1.27. The van der Waals surface area contributed by atoms with E-state index in [1.807, 2.05) is 7.05 Å². The molecule has 0 atom stereocenters. The van der Waals surface area contributed by atoms with Crippen molar-refractivity contribution in [3.8, 4) is 0 Å². The van der Waals surface area contributed by atoms with Gasteiger partial charge in [-0.25, -0.2) is 8.42 Å². The molecule has 18 heavy (non-hydrogen) atoms. The summed E-state index contributed by atoms with van der Waals surface area (Å²) in [7, 11) is -1.37. The third-order valence-electron chi connectivity index (χ3n) is 3.40. The summed E-state index contributed by atoms with van der Waals surface area (Å²) in [5.74, 6) is 0.108. The highest BCUT2D eigenvalue weighted by molar-refractivity contribution is 7.90. The Labute approximate surface area is 107 Å². The largest absolute Gasteiger partial charge is 0.319 e. The summed E-state index contributed by atoms with van der Waals surface area (Å²) in [6.07, 6.45) is 2.97. The highest BCUT2D eigenvalue weighted by Gasteiger charge is 2.48. The molecule has 0 aromatic heterocycles. The smallest absolute Gasteiger partial charge is 0.175 e. The van der Waals surface area contributed by atoms with Crippen molar-refractivity contribution in [3.05, 3.63) is 29.8 Å². The molecular formula is C13H17NO3S. The van der Waals surface area contributed by atoms with E-state index < -0.39 is 9.84 Å². The highest BCUT2D eigenvalue weighted by Crippen LogP contribution is 2.47. The van der Waals surface area contributed by atoms with Gasteiger partial charge in [0.1, 0.15) is 0 Å². The topological polar surface area (TPSA) is 63.2 Å². The monoisotopic (exact) mass is 267 g/mol. The van der Waals surface area contributed by atoms with Gasteiger partial charge in [0.25, 0.3) is 0 Å². The van der Waals surface area contributed by atoms with Crippen LogP contribution in [0.3, 0.4) is 0 Å². The van der Waals surface area contributed by atoms with Crippen LogP contribution in [0.4, 0.5) is 0 Å². The van der Waals surface area contributed by atoms with E-state index in [1.165, 1.54) is 12.1 Å². The van der Waals surface area contributed by atoms with E-state index in [0.29, 0.717) is 12.1 Å². The maximum Gasteiger partial charge on any atom is 0.175 e. The fourth-order valence-electron chi connectivity index (χ4n) is 2.13. The van der Waals surface area contributed by atoms with E-state index >= 15 is 0 Å². The molecule has 0 saturated heterocycles. The van der Waals surface area contributed by atoms with E-state index in [9.17, 15) is 13.2 Å². The van der Waals surface area contributed by atoms with Crippen molar-refractivity contribution in [2.45, 2.75) is 17.7 Å². The number of nitrogens with one attached hydrogen (secondary N) is 1. The lowest BCUT2D eigenvalue weighted by atomic mass is 9.95. The van der Waals surface area contributed by atoms with Crippen LogP contribution in [0.2, 0.25) is 0 Å². The Bertz CT molecular complexity index is 556. The first-order chi connectivity index (χ1) is 8.39. The lowest BCUT2D eigenvalue weighted by Crippen LogP contribution is -2.27.